The molecular weight excluding hydrogens is 370 g/mol. The molecule has 2 aromatic rings. The normalized spacial score (nSPS) is 11.7. The minimum Gasteiger partial charge on any atom is -0.475 e. The number of sulfonamides is 1. The summed E-state index contributed by atoms with van der Waals surface area (Å²) in [7, 11) is -3.84. The Morgan fingerprint density at radius 2 is 2.25 bits per heavy atom. The van der Waals surface area contributed by atoms with Gasteiger partial charge in [-0.15, -0.1) is 11.3 Å². The third-order valence-corrected chi connectivity index (χ3v) is 5.83. The molecule has 2 N–H and O–H groups in total. The molecule has 2 aromatic heterocycles. The molecule has 0 aliphatic rings. The molecule has 0 amide bonds. The van der Waals surface area contributed by atoms with Gasteiger partial charge in [-0.05, 0) is 39.9 Å². The Bertz CT molecular complexity index is 747. The first-order chi connectivity index (χ1) is 9.31. The van der Waals surface area contributed by atoms with Gasteiger partial charge in [0.1, 0.15) is 4.90 Å². The topological polar surface area (TPSA) is 96.6 Å². The second-order valence-corrected chi connectivity index (χ2v) is 7.36. The number of carboxylic acids is 1. The van der Waals surface area contributed by atoms with Crippen LogP contribution in [-0.2, 0) is 16.6 Å². The summed E-state index contributed by atoms with van der Waals surface area (Å²) in [5, 5.41) is 10.6. The third kappa shape index (κ3) is 3.11. The van der Waals surface area contributed by atoms with E-state index in [1.165, 1.54) is 11.3 Å². The van der Waals surface area contributed by atoms with Gasteiger partial charge in [0.25, 0.3) is 0 Å². The molecule has 0 fully saturated rings. The number of halogens is 1. The lowest BCUT2D eigenvalue weighted by Crippen LogP contribution is -2.23. The van der Waals surface area contributed by atoms with E-state index >= 15 is 0 Å². The van der Waals surface area contributed by atoms with Gasteiger partial charge in [0.2, 0.25) is 15.8 Å². The van der Waals surface area contributed by atoms with Crippen molar-refractivity contribution in [2.24, 2.45) is 0 Å². The fourth-order valence-electron chi connectivity index (χ4n) is 1.46. The van der Waals surface area contributed by atoms with E-state index in [-0.39, 0.29) is 16.1 Å². The number of aryl methyl sites for hydroxylation is 1. The van der Waals surface area contributed by atoms with Crippen molar-refractivity contribution in [2.75, 3.05) is 0 Å². The van der Waals surface area contributed by atoms with E-state index < -0.39 is 21.8 Å². The second-order valence-electron chi connectivity index (χ2n) is 3.91. The van der Waals surface area contributed by atoms with E-state index in [1.807, 2.05) is 18.4 Å². The summed E-state index contributed by atoms with van der Waals surface area (Å²) in [6.07, 6.45) is 0. The molecule has 0 saturated carbocycles. The van der Waals surface area contributed by atoms with Crippen LogP contribution in [0, 0.1) is 6.92 Å². The zero-order chi connectivity index (χ0) is 14.9. The molecule has 0 atom stereocenters. The number of nitrogens with one attached hydrogen (secondary N) is 1. The zero-order valence-corrected chi connectivity index (χ0v) is 13.4. The molecule has 0 saturated heterocycles. The monoisotopic (exact) mass is 379 g/mol. The van der Waals surface area contributed by atoms with Gasteiger partial charge < -0.3 is 9.52 Å². The Labute approximate surface area is 127 Å². The minimum atomic E-state index is -3.84. The van der Waals surface area contributed by atoms with Gasteiger partial charge in [0, 0.05) is 17.5 Å². The molecular formula is C11H10BrNO5S2. The Balaban J connectivity index is 2.22. The molecule has 2 heterocycles. The van der Waals surface area contributed by atoms with Crippen molar-refractivity contribution in [3.63, 3.8) is 0 Å². The Morgan fingerprint density at radius 3 is 2.75 bits per heavy atom. The van der Waals surface area contributed by atoms with Gasteiger partial charge in [-0.3, -0.25) is 0 Å². The van der Waals surface area contributed by atoms with Crippen LogP contribution < -0.4 is 4.72 Å². The molecule has 20 heavy (non-hydrogen) atoms. The summed E-state index contributed by atoms with van der Waals surface area (Å²) >= 11 is 4.35. The molecule has 6 nitrogen and oxygen atoms in total. The predicted octanol–water partition coefficient (Wildman–Crippen LogP) is 2.59. The van der Waals surface area contributed by atoms with Gasteiger partial charge in [0.15, 0.2) is 4.67 Å². The molecule has 0 bridgehead atoms. The van der Waals surface area contributed by atoms with Crippen molar-refractivity contribution in [3.8, 4) is 0 Å². The van der Waals surface area contributed by atoms with Gasteiger partial charge >= 0.3 is 5.97 Å². The predicted molar refractivity (Wildman–Crippen MR) is 76.4 cm³/mol. The first-order valence-corrected chi connectivity index (χ1v) is 8.52. The van der Waals surface area contributed by atoms with Crippen LogP contribution in [0.2, 0.25) is 0 Å². The van der Waals surface area contributed by atoms with E-state index in [0.717, 1.165) is 16.5 Å². The molecule has 0 spiro atoms. The molecule has 2 rings (SSSR count). The van der Waals surface area contributed by atoms with Gasteiger partial charge in [-0.25, -0.2) is 17.9 Å². The lowest BCUT2D eigenvalue weighted by molar-refractivity contribution is 0.0661. The highest BCUT2D eigenvalue weighted by Gasteiger charge is 2.24. The Hall–Kier alpha value is -1.16. The second kappa shape index (κ2) is 5.68. The highest BCUT2D eigenvalue weighted by Crippen LogP contribution is 2.26. The van der Waals surface area contributed by atoms with Gasteiger partial charge in [-0.2, -0.15) is 0 Å². The van der Waals surface area contributed by atoms with Crippen LogP contribution in [0.15, 0.2) is 31.5 Å². The highest BCUT2D eigenvalue weighted by atomic mass is 79.9. The van der Waals surface area contributed by atoms with E-state index in [0.29, 0.717) is 0 Å². The van der Waals surface area contributed by atoms with Crippen molar-refractivity contribution in [3.05, 3.63) is 38.4 Å². The Kier molecular flexibility index (Phi) is 4.33. The average Bonchev–Trinajstić information content (AvgIpc) is 2.93. The summed E-state index contributed by atoms with van der Waals surface area (Å²) in [6, 6.07) is 2.86. The molecule has 0 aliphatic carbocycles. The standard InChI is InChI=1S/C11H10BrNO5S2/c1-6-2-3-19-8(6)5-13-20(16,17)9-4-7(11(14)15)18-10(9)12/h2-4,13H,5H2,1H3,(H,14,15). The number of carbonyl (C=O) groups is 1. The number of carboxylic acid groups (broad SMARTS) is 1. The molecule has 0 aromatic carbocycles. The lowest BCUT2D eigenvalue weighted by Gasteiger charge is -2.04. The fraction of sp³-hybridized carbons (Fsp3) is 0.182. The number of thiophene rings is 1. The van der Waals surface area contributed by atoms with E-state index in [9.17, 15) is 13.2 Å². The molecule has 0 aliphatic heterocycles. The average molecular weight is 380 g/mol. The number of rotatable bonds is 5. The summed E-state index contributed by atoms with van der Waals surface area (Å²) < 4.78 is 31.3. The molecule has 108 valence electrons. The number of hydrogen-bond donors (Lipinski definition) is 2. The fourth-order valence-corrected chi connectivity index (χ4v) is 4.33. The molecule has 0 unspecified atom stereocenters. The van der Waals surface area contributed by atoms with Crippen LogP contribution in [0.3, 0.4) is 0 Å². The lowest BCUT2D eigenvalue weighted by atomic mass is 10.3. The Morgan fingerprint density at radius 1 is 1.55 bits per heavy atom. The third-order valence-electron chi connectivity index (χ3n) is 2.55. The van der Waals surface area contributed by atoms with Crippen LogP contribution in [0.1, 0.15) is 21.0 Å². The summed E-state index contributed by atoms with van der Waals surface area (Å²) in [4.78, 5) is 11.4. The van der Waals surface area contributed by atoms with Crippen LogP contribution in [0.4, 0.5) is 0 Å². The van der Waals surface area contributed by atoms with Crippen LogP contribution in [-0.4, -0.2) is 19.5 Å². The quantitative estimate of drug-likeness (QED) is 0.831. The van der Waals surface area contributed by atoms with Crippen molar-refractivity contribution >= 4 is 43.3 Å². The first-order valence-electron chi connectivity index (χ1n) is 5.36. The van der Waals surface area contributed by atoms with Crippen molar-refractivity contribution < 1.29 is 22.7 Å². The minimum absolute atomic E-state index is 0.134. The van der Waals surface area contributed by atoms with Crippen molar-refractivity contribution in [1.82, 2.24) is 4.72 Å². The SMILES string of the molecule is Cc1ccsc1CNS(=O)(=O)c1cc(C(=O)O)oc1Br. The summed E-state index contributed by atoms with van der Waals surface area (Å²) in [5.41, 5.74) is 0.996. The smallest absolute Gasteiger partial charge is 0.371 e. The number of hydrogen-bond acceptors (Lipinski definition) is 5. The first kappa shape index (κ1) is 15.2. The molecule has 0 radical (unpaired) electrons. The number of aromatic carboxylic acids is 1. The van der Waals surface area contributed by atoms with Crippen LogP contribution >= 0.6 is 27.3 Å². The summed E-state index contributed by atoms with van der Waals surface area (Å²) in [6.45, 7) is 2.03. The van der Waals surface area contributed by atoms with Crippen molar-refractivity contribution in [2.45, 2.75) is 18.4 Å². The van der Waals surface area contributed by atoms with Gasteiger partial charge in [0.05, 0.1) is 0 Å². The van der Waals surface area contributed by atoms with E-state index in [2.05, 4.69) is 20.7 Å². The van der Waals surface area contributed by atoms with Gasteiger partial charge in [-0.1, -0.05) is 0 Å². The largest absolute Gasteiger partial charge is 0.475 e. The van der Waals surface area contributed by atoms with E-state index in [1.54, 1.807) is 0 Å². The van der Waals surface area contributed by atoms with Crippen LogP contribution in [0.5, 0.6) is 0 Å². The zero-order valence-electron chi connectivity index (χ0n) is 10.2. The highest BCUT2D eigenvalue weighted by molar-refractivity contribution is 9.10. The van der Waals surface area contributed by atoms with E-state index in [4.69, 9.17) is 9.52 Å². The molecule has 9 heteroatoms. The maximum Gasteiger partial charge on any atom is 0.371 e. The maximum absolute atomic E-state index is 12.1. The van der Waals surface area contributed by atoms with Crippen LogP contribution in [0.25, 0.3) is 0 Å². The van der Waals surface area contributed by atoms with Crippen molar-refractivity contribution in [1.29, 1.82) is 0 Å². The maximum atomic E-state index is 12.1. The summed E-state index contributed by atoms with van der Waals surface area (Å²) in [5.74, 6) is -1.77. The number of furan rings is 1.